The fourth-order valence-electron chi connectivity index (χ4n) is 3.47. The van der Waals surface area contributed by atoms with E-state index in [0.29, 0.717) is 23.4 Å². The minimum Gasteiger partial charge on any atom is -0.373 e. The van der Waals surface area contributed by atoms with Gasteiger partial charge in [-0.1, -0.05) is 24.3 Å². The summed E-state index contributed by atoms with van der Waals surface area (Å²) >= 11 is 0. The molecule has 6 nitrogen and oxygen atoms in total. The Morgan fingerprint density at radius 1 is 1.15 bits per heavy atom. The monoisotopic (exact) mass is 350 g/mol. The van der Waals surface area contributed by atoms with Crippen molar-refractivity contribution in [3.63, 3.8) is 0 Å². The summed E-state index contributed by atoms with van der Waals surface area (Å²) in [5, 5.41) is 2.80. The largest absolute Gasteiger partial charge is 0.373 e. The number of fused-ring (bicyclic) bond motifs is 2. The number of hydrogen-bond donors (Lipinski definition) is 1. The molecule has 0 bridgehead atoms. The highest BCUT2D eigenvalue weighted by atomic mass is 16.5. The molecule has 0 aliphatic carbocycles. The molecule has 3 amide bonds. The molecule has 4 rings (SSSR count). The average molecular weight is 350 g/mol. The third-order valence-corrected chi connectivity index (χ3v) is 4.84. The maximum Gasteiger partial charge on any atom is 0.261 e. The zero-order valence-electron chi connectivity index (χ0n) is 14.3. The standard InChI is InChI=1S/C20H18N2O4/c1-22-19(24)15-7-6-13(10-16(15)20(22)25)21-18(23)11-17-14-5-3-2-4-12(14)8-9-26-17/h2-7,10,17H,8-9,11H2,1H3,(H,21,23). The van der Waals surface area contributed by atoms with E-state index in [4.69, 9.17) is 4.74 Å². The first-order chi connectivity index (χ1) is 12.5. The molecule has 0 saturated carbocycles. The molecule has 2 heterocycles. The molecule has 1 N–H and O–H groups in total. The summed E-state index contributed by atoms with van der Waals surface area (Å²) in [6.45, 7) is 0.594. The fraction of sp³-hybridized carbons (Fsp3) is 0.250. The van der Waals surface area contributed by atoms with Crippen molar-refractivity contribution in [1.29, 1.82) is 0 Å². The number of hydrogen-bond acceptors (Lipinski definition) is 4. The van der Waals surface area contributed by atoms with E-state index in [1.807, 2.05) is 18.2 Å². The van der Waals surface area contributed by atoms with Crippen LogP contribution in [0.1, 0.15) is 44.4 Å². The highest BCUT2D eigenvalue weighted by molar-refractivity contribution is 6.21. The SMILES string of the molecule is CN1C(=O)c2ccc(NC(=O)CC3OCCc4ccccc43)cc2C1=O. The van der Waals surface area contributed by atoms with E-state index >= 15 is 0 Å². The quantitative estimate of drug-likeness (QED) is 0.863. The molecule has 2 aromatic rings. The van der Waals surface area contributed by atoms with Gasteiger partial charge in [0, 0.05) is 12.7 Å². The highest BCUT2D eigenvalue weighted by Gasteiger charge is 2.33. The molecule has 26 heavy (non-hydrogen) atoms. The molecule has 0 radical (unpaired) electrons. The lowest BCUT2D eigenvalue weighted by atomic mass is 9.95. The molecule has 0 spiro atoms. The first-order valence-corrected chi connectivity index (χ1v) is 8.50. The first-order valence-electron chi connectivity index (χ1n) is 8.50. The fourth-order valence-corrected chi connectivity index (χ4v) is 3.47. The van der Waals surface area contributed by atoms with Gasteiger partial charge in [-0.3, -0.25) is 19.3 Å². The third-order valence-electron chi connectivity index (χ3n) is 4.84. The Hall–Kier alpha value is -2.99. The minimum atomic E-state index is -0.356. The van der Waals surface area contributed by atoms with Crippen LogP contribution in [0.5, 0.6) is 0 Å². The molecule has 0 aromatic heterocycles. The summed E-state index contributed by atoms with van der Waals surface area (Å²) in [4.78, 5) is 37.5. The molecule has 1 atom stereocenters. The van der Waals surface area contributed by atoms with Crippen LogP contribution in [0.4, 0.5) is 5.69 Å². The summed E-state index contributed by atoms with van der Waals surface area (Å²) in [6.07, 6.45) is 0.771. The summed E-state index contributed by atoms with van der Waals surface area (Å²) in [6, 6.07) is 12.7. The van der Waals surface area contributed by atoms with Gasteiger partial charge in [-0.25, -0.2) is 0 Å². The van der Waals surface area contributed by atoms with Crippen molar-refractivity contribution >= 4 is 23.4 Å². The van der Waals surface area contributed by atoms with Gasteiger partial charge in [0.05, 0.1) is 30.3 Å². The summed E-state index contributed by atoms with van der Waals surface area (Å²) in [5.74, 6) is -0.877. The summed E-state index contributed by atoms with van der Waals surface area (Å²) < 4.78 is 5.77. The van der Waals surface area contributed by atoms with E-state index in [0.717, 1.165) is 16.9 Å². The van der Waals surface area contributed by atoms with Gasteiger partial charge in [-0.05, 0) is 35.7 Å². The topological polar surface area (TPSA) is 75.7 Å². The van der Waals surface area contributed by atoms with Crippen molar-refractivity contribution in [3.05, 3.63) is 64.7 Å². The number of benzene rings is 2. The van der Waals surface area contributed by atoms with Crippen LogP contribution >= 0.6 is 0 Å². The number of carbonyl (C=O) groups excluding carboxylic acids is 3. The number of imide groups is 1. The normalized spacial score (nSPS) is 18.5. The molecular weight excluding hydrogens is 332 g/mol. The average Bonchev–Trinajstić information content (AvgIpc) is 2.86. The second kappa shape index (κ2) is 6.38. The van der Waals surface area contributed by atoms with Gasteiger partial charge in [-0.2, -0.15) is 0 Å². The van der Waals surface area contributed by atoms with Crippen molar-refractivity contribution in [2.45, 2.75) is 18.9 Å². The second-order valence-corrected chi connectivity index (χ2v) is 6.49. The predicted molar refractivity (Wildman–Crippen MR) is 95.0 cm³/mol. The minimum absolute atomic E-state index is 0.195. The lowest BCUT2D eigenvalue weighted by molar-refractivity contribution is -0.119. The maximum atomic E-state index is 12.4. The Bertz CT molecular complexity index is 922. The van der Waals surface area contributed by atoms with E-state index < -0.39 is 0 Å². The lowest BCUT2D eigenvalue weighted by Gasteiger charge is -2.25. The van der Waals surface area contributed by atoms with Gasteiger partial charge >= 0.3 is 0 Å². The van der Waals surface area contributed by atoms with Crippen LogP contribution in [0, 0.1) is 0 Å². The van der Waals surface area contributed by atoms with Gasteiger partial charge in [0.25, 0.3) is 11.8 Å². The Labute approximate surface area is 150 Å². The van der Waals surface area contributed by atoms with E-state index in [-0.39, 0.29) is 30.2 Å². The Morgan fingerprint density at radius 2 is 1.92 bits per heavy atom. The molecular formula is C20H18N2O4. The van der Waals surface area contributed by atoms with Crippen LogP contribution in [-0.2, 0) is 16.0 Å². The van der Waals surface area contributed by atoms with Gasteiger partial charge in [0.1, 0.15) is 0 Å². The Morgan fingerprint density at radius 3 is 2.77 bits per heavy atom. The number of nitrogens with one attached hydrogen (secondary N) is 1. The maximum absolute atomic E-state index is 12.4. The molecule has 6 heteroatoms. The number of amides is 3. The smallest absolute Gasteiger partial charge is 0.261 e. The predicted octanol–water partition coefficient (Wildman–Crippen LogP) is 2.56. The van der Waals surface area contributed by atoms with Gasteiger partial charge in [0.15, 0.2) is 0 Å². The number of carbonyl (C=O) groups is 3. The zero-order chi connectivity index (χ0) is 18.3. The lowest BCUT2D eigenvalue weighted by Crippen LogP contribution is -2.24. The number of ether oxygens (including phenoxy) is 1. The van der Waals surface area contributed by atoms with Gasteiger partial charge in [0.2, 0.25) is 5.91 Å². The van der Waals surface area contributed by atoms with Crippen LogP contribution in [0.25, 0.3) is 0 Å². The van der Waals surface area contributed by atoms with Gasteiger partial charge < -0.3 is 10.1 Å². The molecule has 0 fully saturated rings. The van der Waals surface area contributed by atoms with E-state index in [2.05, 4.69) is 11.4 Å². The molecule has 2 aliphatic heterocycles. The van der Waals surface area contributed by atoms with E-state index in [1.54, 1.807) is 18.2 Å². The Kier molecular flexibility index (Phi) is 4.05. The summed E-state index contributed by atoms with van der Waals surface area (Å²) in [5.41, 5.74) is 3.43. The van der Waals surface area contributed by atoms with Crippen molar-refractivity contribution in [3.8, 4) is 0 Å². The van der Waals surface area contributed by atoms with Crippen LogP contribution < -0.4 is 5.32 Å². The molecule has 1 unspecified atom stereocenters. The number of anilines is 1. The van der Waals surface area contributed by atoms with Crippen LogP contribution in [-0.4, -0.2) is 36.3 Å². The second-order valence-electron chi connectivity index (χ2n) is 6.49. The van der Waals surface area contributed by atoms with Crippen molar-refractivity contribution in [2.24, 2.45) is 0 Å². The number of rotatable bonds is 3. The van der Waals surface area contributed by atoms with Crippen LogP contribution in [0.3, 0.4) is 0 Å². The van der Waals surface area contributed by atoms with Crippen LogP contribution in [0.2, 0.25) is 0 Å². The van der Waals surface area contributed by atoms with Crippen LogP contribution in [0.15, 0.2) is 42.5 Å². The van der Waals surface area contributed by atoms with Crippen molar-refractivity contribution in [1.82, 2.24) is 4.90 Å². The zero-order valence-corrected chi connectivity index (χ0v) is 14.3. The highest BCUT2D eigenvalue weighted by Crippen LogP contribution is 2.30. The van der Waals surface area contributed by atoms with Crippen molar-refractivity contribution < 1.29 is 19.1 Å². The summed E-state index contributed by atoms with van der Waals surface area (Å²) in [7, 11) is 1.45. The Balaban J connectivity index is 1.49. The van der Waals surface area contributed by atoms with Gasteiger partial charge in [-0.15, -0.1) is 0 Å². The molecule has 132 valence electrons. The number of nitrogens with zero attached hydrogens (tertiary/aromatic N) is 1. The first kappa shape index (κ1) is 16.5. The third kappa shape index (κ3) is 2.78. The molecule has 2 aromatic carbocycles. The van der Waals surface area contributed by atoms with Crippen molar-refractivity contribution in [2.75, 3.05) is 19.0 Å². The van der Waals surface area contributed by atoms with E-state index in [9.17, 15) is 14.4 Å². The molecule has 2 aliphatic rings. The molecule has 0 saturated heterocycles. The van der Waals surface area contributed by atoms with E-state index in [1.165, 1.54) is 12.6 Å².